The van der Waals surface area contributed by atoms with Crippen molar-refractivity contribution in [3.63, 3.8) is 0 Å². The Morgan fingerprint density at radius 3 is 2.38 bits per heavy atom. The van der Waals surface area contributed by atoms with E-state index in [1.165, 1.54) is 0 Å². The van der Waals surface area contributed by atoms with Crippen LogP contribution in [-0.2, 0) is 14.3 Å². The third-order valence-corrected chi connectivity index (χ3v) is 4.54. The van der Waals surface area contributed by atoms with Gasteiger partial charge in [0, 0.05) is 12.3 Å². The van der Waals surface area contributed by atoms with E-state index in [4.69, 9.17) is 14.2 Å². The van der Waals surface area contributed by atoms with Gasteiger partial charge in [0.2, 0.25) is 0 Å². The van der Waals surface area contributed by atoms with E-state index in [9.17, 15) is 9.59 Å². The molecule has 0 saturated heterocycles. The third kappa shape index (κ3) is 7.69. The minimum atomic E-state index is -0.944. The van der Waals surface area contributed by atoms with Gasteiger partial charge < -0.3 is 19.5 Å². The Morgan fingerprint density at radius 1 is 1.14 bits per heavy atom. The summed E-state index contributed by atoms with van der Waals surface area (Å²) < 4.78 is 16.9. The van der Waals surface area contributed by atoms with Crippen molar-refractivity contribution in [2.75, 3.05) is 18.5 Å². The van der Waals surface area contributed by atoms with Gasteiger partial charge in [-0.25, -0.2) is 4.79 Å². The van der Waals surface area contributed by atoms with Gasteiger partial charge in [-0.15, -0.1) is 0 Å². The third-order valence-electron chi connectivity index (χ3n) is 4.54. The zero-order valence-electron chi connectivity index (χ0n) is 19.0. The first-order valence-corrected chi connectivity index (χ1v) is 10.6. The van der Waals surface area contributed by atoms with Gasteiger partial charge in [-0.3, -0.25) is 4.79 Å². The lowest BCUT2D eigenvalue weighted by Gasteiger charge is -2.30. The highest BCUT2D eigenvalue weighted by atomic mass is 16.5. The normalized spacial score (nSPS) is 14.2. The first-order chi connectivity index (χ1) is 13.7. The van der Waals surface area contributed by atoms with Crippen LogP contribution in [-0.4, -0.2) is 36.8 Å². The summed E-state index contributed by atoms with van der Waals surface area (Å²) in [4.78, 5) is 25.4. The Bertz CT molecular complexity index is 673. The molecule has 0 radical (unpaired) electrons. The summed E-state index contributed by atoms with van der Waals surface area (Å²) in [6.45, 7) is 14.4. The van der Waals surface area contributed by atoms with Gasteiger partial charge in [0.1, 0.15) is 16.9 Å². The fraction of sp³-hybridized carbons (Fsp3) is 0.652. The van der Waals surface area contributed by atoms with Crippen molar-refractivity contribution in [3.8, 4) is 5.75 Å². The Balaban J connectivity index is 3.14. The number of carbonyl (C=O) groups is 2. The van der Waals surface area contributed by atoms with E-state index in [1.54, 1.807) is 25.1 Å². The number of anilines is 1. The quantitative estimate of drug-likeness (QED) is 0.481. The van der Waals surface area contributed by atoms with Crippen LogP contribution in [0.4, 0.5) is 5.69 Å². The topological polar surface area (TPSA) is 73.9 Å². The van der Waals surface area contributed by atoms with Crippen LogP contribution in [0.3, 0.4) is 0 Å². The van der Waals surface area contributed by atoms with Crippen molar-refractivity contribution >= 4 is 17.6 Å². The van der Waals surface area contributed by atoms with Crippen LogP contribution in [0.15, 0.2) is 18.2 Å². The van der Waals surface area contributed by atoms with E-state index in [-0.39, 0.29) is 18.6 Å². The molecule has 1 amide bonds. The van der Waals surface area contributed by atoms with Crippen LogP contribution in [0.2, 0.25) is 0 Å². The number of rotatable bonds is 12. The van der Waals surface area contributed by atoms with E-state index in [1.807, 2.05) is 27.7 Å². The van der Waals surface area contributed by atoms with Crippen molar-refractivity contribution in [2.45, 2.75) is 79.4 Å². The average molecular weight is 408 g/mol. The van der Waals surface area contributed by atoms with Gasteiger partial charge in [0.05, 0.1) is 12.7 Å². The highest BCUT2D eigenvalue weighted by molar-refractivity contribution is 5.99. The van der Waals surface area contributed by atoms with Gasteiger partial charge in [0.25, 0.3) is 5.91 Å². The first kappa shape index (κ1) is 25.0. The molecule has 1 rings (SSSR count). The number of ether oxygens (including phenoxy) is 3. The van der Waals surface area contributed by atoms with Crippen LogP contribution in [0, 0.1) is 5.92 Å². The molecule has 0 aliphatic heterocycles. The Labute approximate surface area is 175 Å². The summed E-state index contributed by atoms with van der Waals surface area (Å²) >= 11 is 0. The van der Waals surface area contributed by atoms with Gasteiger partial charge in [-0.05, 0) is 64.2 Å². The van der Waals surface area contributed by atoms with E-state index in [0.29, 0.717) is 35.9 Å². The molecule has 6 heteroatoms. The van der Waals surface area contributed by atoms with Gasteiger partial charge in [0.15, 0.2) is 0 Å². The Kier molecular flexibility index (Phi) is 10.2. The lowest BCUT2D eigenvalue weighted by molar-refractivity contribution is -0.141. The molecular formula is C23H37NO5. The molecule has 164 valence electrons. The largest absolute Gasteiger partial charge is 0.490 e. The molecule has 2 atom stereocenters. The van der Waals surface area contributed by atoms with Crippen LogP contribution in [0.25, 0.3) is 0 Å². The standard InChI is InChI=1S/C23H37NO5/c1-8-13-28-23(7,15-16(4)5)22(26)24-18-11-12-20(29-17(6)9-2)19(14-18)21(25)27-10-3/h11-12,14,16-17H,8-10,13,15H2,1-7H3,(H,24,26)/t17-,23+/m1/s1. The monoisotopic (exact) mass is 407 g/mol. The van der Waals surface area contributed by atoms with E-state index < -0.39 is 11.6 Å². The molecule has 0 aliphatic carbocycles. The molecule has 0 spiro atoms. The zero-order chi connectivity index (χ0) is 22.0. The average Bonchev–Trinajstić information content (AvgIpc) is 2.66. The molecule has 0 bridgehead atoms. The first-order valence-electron chi connectivity index (χ1n) is 10.6. The number of amides is 1. The van der Waals surface area contributed by atoms with Crippen molar-refractivity contribution in [1.29, 1.82) is 0 Å². The summed E-state index contributed by atoms with van der Waals surface area (Å²) in [6.07, 6.45) is 2.19. The predicted octanol–water partition coefficient (Wildman–Crippen LogP) is 5.21. The summed E-state index contributed by atoms with van der Waals surface area (Å²) in [7, 11) is 0. The molecule has 1 aromatic rings. The number of hydrogen-bond donors (Lipinski definition) is 1. The predicted molar refractivity (Wildman–Crippen MR) is 116 cm³/mol. The molecule has 0 aromatic heterocycles. The lowest BCUT2D eigenvalue weighted by Crippen LogP contribution is -2.44. The van der Waals surface area contributed by atoms with Crippen LogP contribution < -0.4 is 10.1 Å². The van der Waals surface area contributed by atoms with Gasteiger partial charge >= 0.3 is 5.97 Å². The smallest absolute Gasteiger partial charge is 0.341 e. The lowest BCUT2D eigenvalue weighted by atomic mass is 9.93. The summed E-state index contributed by atoms with van der Waals surface area (Å²) in [6, 6.07) is 5.03. The fourth-order valence-corrected chi connectivity index (χ4v) is 2.97. The summed E-state index contributed by atoms with van der Waals surface area (Å²) in [5.41, 5.74) is -0.144. The zero-order valence-corrected chi connectivity index (χ0v) is 19.0. The molecular weight excluding hydrogens is 370 g/mol. The molecule has 29 heavy (non-hydrogen) atoms. The number of benzene rings is 1. The molecule has 0 unspecified atom stereocenters. The van der Waals surface area contributed by atoms with Crippen molar-refractivity contribution in [3.05, 3.63) is 23.8 Å². The number of carbonyl (C=O) groups excluding carboxylic acids is 2. The number of nitrogens with one attached hydrogen (secondary N) is 1. The second kappa shape index (κ2) is 11.8. The second-order valence-electron chi connectivity index (χ2n) is 7.90. The molecule has 1 aromatic carbocycles. The van der Waals surface area contributed by atoms with Gasteiger partial charge in [-0.1, -0.05) is 27.7 Å². The maximum absolute atomic E-state index is 13.0. The number of esters is 1. The van der Waals surface area contributed by atoms with Crippen molar-refractivity contribution in [1.82, 2.24) is 0 Å². The van der Waals surface area contributed by atoms with Crippen LogP contribution in [0.5, 0.6) is 5.75 Å². The minimum Gasteiger partial charge on any atom is -0.490 e. The van der Waals surface area contributed by atoms with Crippen LogP contribution >= 0.6 is 0 Å². The fourth-order valence-electron chi connectivity index (χ4n) is 2.97. The summed E-state index contributed by atoms with van der Waals surface area (Å²) in [5.74, 6) is 0.0334. The van der Waals surface area contributed by atoms with Crippen molar-refractivity contribution in [2.24, 2.45) is 5.92 Å². The van der Waals surface area contributed by atoms with E-state index >= 15 is 0 Å². The molecule has 0 aliphatic rings. The molecule has 0 heterocycles. The second-order valence-corrected chi connectivity index (χ2v) is 7.90. The van der Waals surface area contributed by atoms with E-state index in [2.05, 4.69) is 19.2 Å². The molecule has 1 N–H and O–H groups in total. The van der Waals surface area contributed by atoms with Crippen LogP contribution in [0.1, 0.15) is 78.1 Å². The highest BCUT2D eigenvalue weighted by Crippen LogP contribution is 2.28. The SMILES string of the molecule is CCCO[C@@](C)(CC(C)C)C(=O)Nc1ccc(O[C@H](C)CC)c(C(=O)OCC)c1. The minimum absolute atomic E-state index is 0.0413. The Morgan fingerprint density at radius 2 is 1.83 bits per heavy atom. The number of hydrogen-bond acceptors (Lipinski definition) is 5. The molecule has 0 saturated carbocycles. The molecule has 6 nitrogen and oxygen atoms in total. The van der Waals surface area contributed by atoms with E-state index in [0.717, 1.165) is 12.8 Å². The maximum atomic E-state index is 13.0. The molecule has 0 fully saturated rings. The Hall–Kier alpha value is -2.08. The summed E-state index contributed by atoms with van der Waals surface area (Å²) in [5, 5.41) is 2.90. The van der Waals surface area contributed by atoms with Gasteiger partial charge in [-0.2, -0.15) is 0 Å². The van der Waals surface area contributed by atoms with Crippen molar-refractivity contribution < 1.29 is 23.8 Å². The highest BCUT2D eigenvalue weighted by Gasteiger charge is 2.35. The maximum Gasteiger partial charge on any atom is 0.341 e.